The van der Waals surface area contributed by atoms with E-state index < -0.39 is 12.0 Å². The topological polar surface area (TPSA) is 66.4 Å². The van der Waals surface area contributed by atoms with Crippen molar-refractivity contribution in [3.63, 3.8) is 0 Å². The van der Waals surface area contributed by atoms with Crippen LogP contribution in [0.2, 0.25) is 0 Å². The van der Waals surface area contributed by atoms with Crippen LogP contribution >= 0.6 is 27.3 Å². The molecule has 1 atom stereocenters. The third-order valence-corrected chi connectivity index (χ3v) is 3.89. The summed E-state index contributed by atoms with van der Waals surface area (Å²) in [4.78, 5) is 23.1. The van der Waals surface area contributed by atoms with Gasteiger partial charge in [-0.05, 0) is 47.8 Å². The molecule has 1 heterocycles. The number of hydrogen-bond acceptors (Lipinski definition) is 3. The van der Waals surface area contributed by atoms with Crippen LogP contribution in [0.3, 0.4) is 0 Å². The summed E-state index contributed by atoms with van der Waals surface area (Å²) >= 11 is 5.02. The molecule has 0 spiro atoms. The van der Waals surface area contributed by atoms with Crippen LogP contribution in [0.4, 0.5) is 0 Å². The highest BCUT2D eigenvalue weighted by Gasteiger charge is 2.13. The molecule has 0 saturated carbocycles. The standard InChI is InChI=1S/C11H14BrNO3S/c1-7(11(15)16)13-10(14)4-2-3-8-5-6-9(12)17-8/h5-7H,2-4H2,1H3,(H,13,14)(H,15,16)/t7-/m0/s1. The zero-order valence-corrected chi connectivity index (χ0v) is 11.8. The zero-order chi connectivity index (χ0) is 12.8. The smallest absolute Gasteiger partial charge is 0.325 e. The molecule has 0 aromatic carbocycles. The van der Waals surface area contributed by atoms with Crippen molar-refractivity contribution in [3.05, 3.63) is 20.8 Å². The summed E-state index contributed by atoms with van der Waals surface area (Å²) in [5, 5.41) is 11.0. The van der Waals surface area contributed by atoms with E-state index >= 15 is 0 Å². The number of amides is 1. The maximum absolute atomic E-state index is 11.4. The second-order valence-electron chi connectivity index (χ2n) is 3.69. The fourth-order valence-electron chi connectivity index (χ4n) is 1.28. The third kappa shape index (κ3) is 5.32. The van der Waals surface area contributed by atoms with E-state index in [1.54, 1.807) is 11.3 Å². The molecule has 0 fully saturated rings. The van der Waals surface area contributed by atoms with Crippen molar-refractivity contribution in [3.8, 4) is 0 Å². The number of carbonyl (C=O) groups is 2. The van der Waals surface area contributed by atoms with Gasteiger partial charge in [-0.15, -0.1) is 11.3 Å². The largest absolute Gasteiger partial charge is 0.480 e. The van der Waals surface area contributed by atoms with Gasteiger partial charge in [0.15, 0.2) is 0 Å². The van der Waals surface area contributed by atoms with E-state index in [0.29, 0.717) is 6.42 Å². The van der Waals surface area contributed by atoms with Crippen LogP contribution in [0, 0.1) is 0 Å². The molecule has 0 aliphatic heterocycles. The summed E-state index contributed by atoms with van der Waals surface area (Å²) in [5.41, 5.74) is 0. The number of aryl methyl sites for hydroxylation is 1. The van der Waals surface area contributed by atoms with Gasteiger partial charge in [0, 0.05) is 11.3 Å². The highest BCUT2D eigenvalue weighted by Crippen LogP contribution is 2.23. The van der Waals surface area contributed by atoms with Gasteiger partial charge in [-0.1, -0.05) is 0 Å². The molecule has 1 amide bonds. The van der Waals surface area contributed by atoms with Crippen molar-refractivity contribution in [2.75, 3.05) is 0 Å². The first kappa shape index (κ1) is 14.2. The minimum Gasteiger partial charge on any atom is -0.480 e. The van der Waals surface area contributed by atoms with Crippen molar-refractivity contribution < 1.29 is 14.7 Å². The lowest BCUT2D eigenvalue weighted by Gasteiger charge is -2.08. The molecule has 0 aliphatic carbocycles. The number of halogens is 1. The Bertz CT molecular complexity index is 405. The summed E-state index contributed by atoms with van der Waals surface area (Å²) in [7, 11) is 0. The average molecular weight is 320 g/mol. The normalized spacial score (nSPS) is 12.1. The SMILES string of the molecule is C[C@H](NC(=O)CCCc1ccc(Br)s1)C(=O)O. The van der Waals surface area contributed by atoms with Crippen LogP contribution in [0.25, 0.3) is 0 Å². The molecule has 4 nitrogen and oxygen atoms in total. The number of nitrogens with one attached hydrogen (secondary N) is 1. The number of carboxylic acid groups (broad SMARTS) is 1. The van der Waals surface area contributed by atoms with Crippen LogP contribution in [-0.2, 0) is 16.0 Å². The molecule has 6 heteroatoms. The van der Waals surface area contributed by atoms with Gasteiger partial charge in [-0.2, -0.15) is 0 Å². The average Bonchev–Trinajstić information content (AvgIpc) is 2.64. The summed E-state index contributed by atoms with van der Waals surface area (Å²) in [6, 6.07) is 3.18. The molecule has 0 radical (unpaired) electrons. The second kappa shape index (κ2) is 6.76. The van der Waals surface area contributed by atoms with Crippen LogP contribution in [0.15, 0.2) is 15.9 Å². The lowest BCUT2D eigenvalue weighted by Crippen LogP contribution is -2.38. The lowest BCUT2D eigenvalue weighted by atomic mass is 10.2. The van der Waals surface area contributed by atoms with Gasteiger partial charge < -0.3 is 10.4 Å². The van der Waals surface area contributed by atoms with Gasteiger partial charge in [0.05, 0.1) is 3.79 Å². The van der Waals surface area contributed by atoms with Gasteiger partial charge in [-0.3, -0.25) is 9.59 Å². The monoisotopic (exact) mass is 319 g/mol. The Kier molecular flexibility index (Phi) is 5.64. The Morgan fingerprint density at radius 3 is 2.76 bits per heavy atom. The Morgan fingerprint density at radius 2 is 2.24 bits per heavy atom. The van der Waals surface area contributed by atoms with E-state index in [1.807, 2.05) is 12.1 Å². The van der Waals surface area contributed by atoms with E-state index in [9.17, 15) is 9.59 Å². The van der Waals surface area contributed by atoms with Crippen molar-refractivity contribution in [2.24, 2.45) is 0 Å². The maximum atomic E-state index is 11.4. The number of rotatable bonds is 6. The predicted octanol–water partition coefficient (Wildman–Crippen LogP) is 2.42. The fourth-order valence-corrected chi connectivity index (χ4v) is 2.81. The fraction of sp³-hybridized carbons (Fsp3) is 0.455. The summed E-state index contributed by atoms with van der Waals surface area (Å²) in [6.45, 7) is 1.45. The Balaban J connectivity index is 2.22. The molecular weight excluding hydrogens is 306 g/mol. The van der Waals surface area contributed by atoms with E-state index in [4.69, 9.17) is 5.11 Å². The third-order valence-electron chi connectivity index (χ3n) is 2.20. The minimum atomic E-state index is -1.01. The molecule has 0 aliphatic rings. The van der Waals surface area contributed by atoms with E-state index in [1.165, 1.54) is 11.8 Å². The highest BCUT2D eigenvalue weighted by molar-refractivity contribution is 9.11. The number of thiophene rings is 1. The molecule has 1 aromatic rings. The molecule has 0 unspecified atom stereocenters. The summed E-state index contributed by atoms with van der Waals surface area (Å²) < 4.78 is 1.08. The number of aliphatic carboxylic acids is 1. The maximum Gasteiger partial charge on any atom is 0.325 e. The van der Waals surface area contributed by atoms with Gasteiger partial charge in [0.2, 0.25) is 5.91 Å². The zero-order valence-electron chi connectivity index (χ0n) is 9.40. The molecule has 17 heavy (non-hydrogen) atoms. The van der Waals surface area contributed by atoms with E-state index in [0.717, 1.165) is 16.6 Å². The Hall–Kier alpha value is -0.880. The second-order valence-corrected chi connectivity index (χ2v) is 6.23. The molecule has 0 saturated heterocycles. The molecule has 0 bridgehead atoms. The first-order chi connectivity index (χ1) is 7.99. The van der Waals surface area contributed by atoms with Crippen molar-refractivity contribution in [1.82, 2.24) is 5.32 Å². The highest BCUT2D eigenvalue weighted by atomic mass is 79.9. The van der Waals surface area contributed by atoms with Crippen LogP contribution < -0.4 is 5.32 Å². The Morgan fingerprint density at radius 1 is 1.53 bits per heavy atom. The molecule has 94 valence electrons. The van der Waals surface area contributed by atoms with Crippen molar-refractivity contribution in [1.29, 1.82) is 0 Å². The number of carboxylic acids is 1. The van der Waals surface area contributed by atoms with Gasteiger partial charge >= 0.3 is 5.97 Å². The van der Waals surface area contributed by atoms with Crippen LogP contribution in [0.5, 0.6) is 0 Å². The molecular formula is C11H14BrNO3S. The van der Waals surface area contributed by atoms with Crippen molar-refractivity contribution in [2.45, 2.75) is 32.2 Å². The predicted molar refractivity (Wildman–Crippen MR) is 70.2 cm³/mol. The first-order valence-corrected chi connectivity index (χ1v) is 6.86. The number of carbonyl (C=O) groups excluding carboxylic acids is 1. The van der Waals surface area contributed by atoms with E-state index in [2.05, 4.69) is 21.2 Å². The van der Waals surface area contributed by atoms with Gasteiger partial charge in [0.25, 0.3) is 0 Å². The van der Waals surface area contributed by atoms with Gasteiger partial charge in [0.1, 0.15) is 6.04 Å². The van der Waals surface area contributed by atoms with Crippen molar-refractivity contribution >= 4 is 39.1 Å². The first-order valence-electron chi connectivity index (χ1n) is 5.25. The molecule has 2 N–H and O–H groups in total. The Labute approximate surface area is 112 Å². The van der Waals surface area contributed by atoms with Crippen LogP contribution in [0.1, 0.15) is 24.6 Å². The number of hydrogen-bond donors (Lipinski definition) is 2. The lowest BCUT2D eigenvalue weighted by molar-refractivity contribution is -0.141. The molecule has 1 rings (SSSR count). The van der Waals surface area contributed by atoms with Gasteiger partial charge in [-0.25, -0.2) is 0 Å². The summed E-state index contributed by atoms with van der Waals surface area (Å²) in [6.07, 6.45) is 1.92. The quantitative estimate of drug-likeness (QED) is 0.846. The van der Waals surface area contributed by atoms with Crippen LogP contribution in [-0.4, -0.2) is 23.0 Å². The minimum absolute atomic E-state index is 0.212. The molecule has 1 aromatic heterocycles. The summed E-state index contributed by atoms with van der Waals surface area (Å²) in [5.74, 6) is -1.23. The van der Waals surface area contributed by atoms with E-state index in [-0.39, 0.29) is 5.91 Å².